The fraction of sp³-hybridized carbons (Fsp3) is 0.471. The molecule has 3 fully saturated rings. The number of esters is 2. The van der Waals surface area contributed by atoms with Crippen molar-refractivity contribution in [2.24, 2.45) is 23.7 Å². The molecule has 0 radical (unpaired) electrons. The second kappa shape index (κ2) is 5.44. The van der Waals surface area contributed by atoms with Crippen molar-refractivity contribution in [1.82, 2.24) is 0 Å². The maximum absolute atomic E-state index is 12.4. The third-order valence-corrected chi connectivity index (χ3v) is 5.80. The number of carbonyl (C=O) groups excluding carboxylic acids is 3. The average Bonchev–Trinajstić information content (AvgIpc) is 3.14. The van der Waals surface area contributed by atoms with Crippen LogP contribution < -0.4 is 0 Å². The molecule has 2 aliphatic carbocycles. The molecule has 1 aromatic rings. The molecule has 120 valence electrons. The molecule has 0 aromatic heterocycles. The molecule has 23 heavy (non-hydrogen) atoms. The minimum atomic E-state index is -0.441. The summed E-state index contributed by atoms with van der Waals surface area (Å²) >= 11 is 3.30. The Hall–Kier alpha value is -1.69. The summed E-state index contributed by atoms with van der Waals surface area (Å²) < 4.78 is 11.4. The maximum Gasteiger partial charge on any atom is 0.310 e. The summed E-state index contributed by atoms with van der Waals surface area (Å²) in [7, 11) is 0. The lowest BCUT2D eigenvalue weighted by molar-refractivity contribution is -0.154. The first-order chi connectivity index (χ1) is 11.0. The molecule has 0 amide bonds. The number of benzene rings is 1. The van der Waals surface area contributed by atoms with Crippen LogP contribution in [0.25, 0.3) is 0 Å². The number of ketones is 1. The van der Waals surface area contributed by atoms with E-state index in [1.165, 1.54) is 0 Å². The van der Waals surface area contributed by atoms with Crippen LogP contribution in [0.4, 0.5) is 0 Å². The Morgan fingerprint density at radius 2 is 1.96 bits per heavy atom. The Labute approximate surface area is 141 Å². The van der Waals surface area contributed by atoms with Crippen molar-refractivity contribution in [1.29, 1.82) is 0 Å². The van der Waals surface area contributed by atoms with Crippen LogP contribution in [-0.2, 0) is 19.1 Å². The lowest BCUT2D eigenvalue weighted by Gasteiger charge is -2.22. The zero-order valence-electron chi connectivity index (χ0n) is 12.2. The number of halogens is 1. The van der Waals surface area contributed by atoms with E-state index in [1.807, 2.05) is 0 Å². The molecular weight excluding hydrogens is 364 g/mol. The molecule has 1 aliphatic heterocycles. The Bertz CT molecular complexity index is 681. The molecule has 1 aromatic carbocycles. The standard InChI is InChI=1S/C17H15BrO5/c18-10-3-1-8(2-4-10)12(19)7-22-16(20)14-9-5-11-13(6-9)23-17(21)15(11)14/h1-4,9,11,13-15H,5-7H2/t9-,11+,13+,14-,15+/m1/s1. The predicted molar refractivity (Wildman–Crippen MR) is 82.5 cm³/mol. The molecule has 4 rings (SSSR count). The summed E-state index contributed by atoms with van der Waals surface area (Å²) in [6.07, 6.45) is 1.58. The first-order valence-corrected chi connectivity index (χ1v) is 8.50. The molecular formula is C17H15BrO5. The van der Waals surface area contributed by atoms with Crippen LogP contribution in [0.15, 0.2) is 28.7 Å². The third kappa shape index (κ3) is 2.40. The van der Waals surface area contributed by atoms with E-state index in [9.17, 15) is 14.4 Å². The van der Waals surface area contributed by atoms with Crippen molar-refractivity contribution in [2.75, 3.05) is 6.61 Å². The number of hydrogen-bond donors (Lipinski definition) is 0. The van der Waals surface area contributed by atoms with Gasteiger partial charge in [0.2, 0.25) is 0 Å². The Morgan fingerprint density at radius 1 is 1.22 bits per heavy atom. The van der Waals surface area contributed by atoms with E-state index < -0.39 is 11.9 Å². The molecule has 3 aliphatic rings. The van der Waals surface area contributed by atoms with Gasteiger partial charge in [-0.1, -0.05) is 28.1 Å². The Morgan fingerprint density at radius 3 is 2.70 bits per heavy atom. The molecule has 1 saturated heterocycles. The quantitative estimate of drug-likeness (QED) is 0.594. The van der Waals surface area contributed by atoms with Gasteiger partial charge < -0.3 is 9.47 Å². The van der Waals surface area contributed by atoms with Gasteiger partial charge in [-0.05, 0) is 30.9 Å². The van der Waals surface area contributed by atoms with E-state index in [0.717, 1.165) is 17.3 Å². The Balaban J connectivity index is 1.40. The van der Waals surface area contributed by atoms with Gasteiger partial charge in [-0.2, -0.15) is 0 Å². The van der Waals surface area contributed by atoms with Gasteiger partial charge in [0.05, 0.1) is 11.8 Å². The topological polar surface area (TPSA) is 69.7 Å². The van der Waals surface area contributed by atoms with Gasteiger partial charge in [0.25, 0.3) is 0 Å². The summed E-state index contributed by atoms with van der Waals surface area (Å²) in [5.74, 6) is -1.46. The number of rotatable bonds is 4. The minimum Gasteiger partial charge on any atom is -0.462 e. The van der Waals surface area contributed by atoms with Crippen molar-refractivity contribution in [2.45, 2.75) is 18.9 Å². The SMILES string of the molecule is O=C(COC(=O)[C@@H]1[C@@H]2C[C@@H]3[C@@H]1C(=O)O[C@H]3C2)c1ccc(Br)cc1. The minimum absolute atomic E-state index is 0.00838. The lowest BCUT2D eigenvalue weighted by Crippen LogP contribution is -2.34. The normalized spacial score (nSPS) is 33.6. The second-order valence-electron chi connectivity index (χ2n) is 6.46. The highest BCUT2D eigenvalue weighted by atomic mass is 79.9. The van der Waals surface area contributed by atoms with Crippen LogP contribution in [0.3, 0.4) is 0 Å². The maximum atomic E-state index is 12.4. The van der Waals surface area contributed by atoms with E-state index in [1.54, 1.807) is 24.3 Å². The van der Waals surface area contributed by atoms with Crippen molar-refractivity contribution < 1.29 is 23.9 Å². The highest BCUT2D eigenvalue weighted by Gasteiger charge is 2.64. The fourth-order valence-corrected chi connectivity index (χ4v) is 4.54. The molecule has 0 N–H and O–H groups in total. The summed E-state index contributed by atoms with van der Waals surface area (Å²) in [5.41, 5.74) is 0.495. The van der Waals surface area contributed by atoms with Gasteiger partial charge in [0.1, 0.15) is 6.10 Å². The second-order valence-corrected chi connectivity index (χ2v) is 7.38. The van der Waals surface area contributed by atoms with Gasteiger partial charge in [0, 0.05) is 16.0 Å². The largest absolute Gasteiger partial charge is 0.462 e. The van der Waals surface area contributed by atoms with Crippen LogP contribution in [0.1, 0.15) is 23.2 Å². The van der Waals surface area contributed by atoms with Crippen LogP contribution in [0.5, 0.6) is 0 Å². The number of Topliss-reactive ketones (excluding diaryl/α,β-unsaturated/α-hetero) is 1. The van der Waals surface area contributed by atoms with Crippen molar-refractivity contribution in [3.05, 3.63) is 34.3 Å². The molecule has 2 bridgehead atoms. The highest BCUT2D eigenvalue weighted by Crippen LogP contribution is 2.57. The molecule has 0 unspecified atom stereocenters. The number of carbonyl (C=O) groups is 3. The number of ether oxygens (including phenoxy) is 2. The molecule has 0 spiro atoms. The van der Waals surface area contributed by atoms with Gasteiger partial charge in [-0.3, -0.25) is 14.4 Å². The summed E-state index contributed by atoms with van der Waals surface area (Å²) in [6.45, 7) is -0.292. The molecule has 5 atom stereocenters. The van der Waals surface area contributed by atoms with Crippen LogP contribution in [-0.4, -0.2) is 30.4 Å². The predicted octanol–water partition coefficient (Wildman–Crippen LogP) is 2.37. The monoisotopic (exact) mass is 378 g/mol. The first-order valence-electron chi connectivity index (χ1n) is 7.70. The highest BCUT2D eigenvalue weighted by molar-refractivity contribution is 9.10. The average molecular weight is 379 g/mol. The molecule has 6 heteroatoms. The van der Waals surface area contributed by atoms with Gasteiger partial charge in [-0.25, -0.2) is 0 Å². The first kappa shape index (κ1) is 14.9. The Kier molecular flexibility index (Phi) is 3.52. The lowest BCUT2D eigenvalue weighted by atomic mass is 9.80. The van der Waals surface area contributed by atoms with Gasteiger partial charge >= 0.3 is 11.9 Å². The fourth-order valence-electron chi connectivity index (χ4n) is 4.28. The van der Waals surface area contributed by atoms with E-state index in [0.29, 0.717) is 5.56 Å². The molecule has 5 nitrogen and oxygen atoms in total. The van der Waals surface area contributed by atoms with Crippen LogP contribution in [0.2, 0.25) is 0 Å². The van der Waals surface area contributed by atoms with E-state index in [-0.39, 0.29) is 42.2 Å². The van der Waals surface area contributed by atoms with Crippen molar-refractivity contribution >= 4 is 33.7 Å². The number of fused-ring (bicyclic) bond motifs is 1. The summed E-state index contributed by atoms with van der Waals surface area (Å²) in [4.78, 5) is 36.3. The van der Waals surface area contributed by atoms with E-state index >= 15 is 0 Å². The van der Waals surface area contributed by atoms with E-state index in [2.05, 4.69) is 15.9 Å². The van der Waals surface area contributed by atoms with Crippen molar-refractivity contribution in [3.63, 3.8) is 0 Å². The third-order valence-electron chi connectivity index (χ3n) is 5.27. The number of hydrogen-bond acceptors (Lipinski definition) is 5. The zero-order chi connectivity index (χ0) is 16.1. The summed E-state index contributed by atoms with van der Waals surface area (Å²) in [5, 5.41) is 0. The van der Waals surface area contributed by atoms with Gasteiger partial charge in [0.15, 0.2) is 12.4 Å². The van der Waals surface area contributed by atoms with Crippen molar-refractivity contribution in [3.8, 4) is 0 Å². The smallest absolute Gasteiger partial charge is 0.310 e. The summed E-state index contributed by atoms with van der Waals surface area (Å²) in [6, 6.07) is 6.88. The van der Waals surface area contributed by atoms with Crippen LogP contribution in [0, 0.1) is 23.7 Å². The molecule has 1 heterocycles. The van der Waals surface area contributed by atoms with Gasteiger partial charge in [-0.15, -0.1) is 0 Å². The molecule has 2 saturated carbocycles. The zero-order valence-corrected chi connectivity index (χ0v) is 13.8. The van der Waals surface area contributed by atoms with E-state index in [4.69, 9.17) is 9.47 Å². The van der Waals surface area contributed by atoms with Crippen LogP contribution >= 0.6 is 15.9 Å².